The number of nitrogens with zero attached hydrogens (tertiary/aromatic N) is 2. The Bertz CT molecular complexity index is 529. The molecule has 0 aliphatic carbocycles. The molecule has 0 spiro atoms. The SMILES string of the molecule is CN(C)Cc1cn(C)c2cc(Cl)c(Cl)cc12. The summed E-state index contributed by atoms with van der Waals surface area (Å²) in [6.45, 7) is 0.898. The van der Waals surface area contributed by atoms with E-state index in [1.165, 1.54) is 10.9 Å². The minimum Gasteiger partial charge on any atom is -0.350 e. The van der Waals surface area contributed by atoms with Crippen LogP contribution in [0.15, 0.2) is 18.3 Å². The summed E-state index contributed by atoms with van der Waals surface area (Å²) in [5.41, 5.74) is 2.38. The molecule has 1 aromatic carbocycles. The van der Waals surface area contributed by atoms with Gasteiger partial charge in [0.05, 0.1) is 10.0 Å². The van der Waals surface area contributed by atoms with Crippen molar-refractivity contribution in [2.75, 3.05) is 14.1 Å². The second-order valence-corrected chi connectivity index (χ2v) is 5.10. The van der Waals surface area contributed by atoms with Gasteiger partial charge in [0.25, 0.3) is 0 Å². The lowest BCUT2D eigenvalue weighted by molar-refractivity contribution is 0.404. The van der Waals surface area contributed by atoms with E-state index in [-0.39, 0.29) is 0 Å². The number of benzene rings is 1. The van der Waals surface area contributed by atoms with E-state index >= 15 is 0 Å². The lowest BCUT2D eigenvalue weighted by atomic mass is 10.1. The molecular formula is C12H14Cl2N2. The van der Waals surface area contributed by atoms with Crippen molar-refractivity contribution in [3.8, 4) is 0 Å². The molecule has 0 aliphatic heterocycles. The first kappa shape index (κ1) is 11.8. The summed E-state index contributed by atoms with van der Waals surface area (Å²) < 4.78 is 2.08. The van der Waals surface area contributed by atoms with Crippen molar-refractivity contribution in [2.45, 2.75) is 6.54 Å². The van der Waals surface area contributed by atoms with E-state index in [2.05, 4.69) is 29.8 Å². The Morgan fingerprint density at radius 2 is 1.81 bits per heavy atom. The molecule has 1 heterocycles. The Balaban J connectivity index is 2.64. The van der Waals surface area contributed by atoms with Crippen LogP contribution in [0.4, 0.5) is 0 Å². The molecule has 0 radical (unpaired) electrons. The second kappa shape index (κ2) is 4.28. The Morgan fingerprint density at radius 1 is 1.19 bits per heavy atom. The molecule has 2 aromatic rings. The Kier molecular flexibility index (Phi) is 3.15. The summed E-state index contributed by atoms with van der Waals surface area (Å²) in [6.07, 6.45) is 2.12. The van der Waals surface area contributed by atoms with Crippen LogP contribution < -0.4 is 0 Å². The molecule has 2 rings (SSSR count). The van der Waals surface area contributed by atoms with E-state index < -0.39 is 0 Å². The molecule has 0 saturated carbocycles. The standard InChI is InChI=1S/C12H14Cl2N2/c1-15(2)6-8-7-16(3)12-5-11(14)10(13)4-9(8)12/h4-5,7H,6H2,1-3H3. The maximum Gasteiger partial charge on any atom is 0.0613 e. The molecule has 0 N–H and O–H groups in total. The number of aryl methyl sites for hydroxylation is 1. The number of rotatable bonds is 2. The summed E-state index contributed by atoms with van der Waals surface area (Å²) in [6, 6.07) is 3.86. The Labute approximate surface area is 105 Å². The van der Waals surface area contributed by atoms with E-state index in [4.69, 9.17) is 23.2 Å². The zero-order valence-electron chi connectivity index (χ0n) is 9.59. The second-order valence-electron chi connectivity index (χ2n) is 4.29. The van der Waals surface area contributed by atoms with Crippen LogP contribution in [0.5, 0.6) is 0 Å². The van der Waals surface area contributed by atoms with Crippen LogP contribution in [0, 0.1) is 0 Å². The van der Waals surface area contributed by atoms with Gasteiger partial charge in [0.2, 0.25) is 0 Å². The van der Waals surface area contributed by atoms with Crippen molar-refractivity contribution in [3.05, 3.63) is 33.9 Å². The first-order valence-corrected chi connectivity index (χ1v) is 5.82. The van der Waals surface area contributed by atoms with Gasteiger partial charge in [0.1, 0.15) is 0 Å². The summed E-state index contributed by atoms with van der Waals surface area (Å²) in [5.74, 6) is 0. The molecule has 0 unspecified atom stereocenters. The molecule has 0 bridgehead atoms. The fourth-order valence-electron chi connectivity index (χ4n) is 1.92. The van der Waals surface area contributed by atoms with E-state index in [1.807, 2.05) is 19.2 Å². The van der Waals surface area contributed by atoms with Crippen LogP contribution in [-0.4, -0.2) is 23.6 Å². The van der Waals surface area contributed by atoms with E-state index in [9.17, 15) is 0 Å². The molecule has 16 heavy (non-hydrogen) atoms. The van der Waals surface area contributed by atoms with E-state index in [1.54, 1.807) is 0 Å². The van der Waals surface area contributed by atoms with Gasteiger partial charge in [-0.3, -0.25) is 0 Å². The van der Waals surface area contributed by atoms with Crippen molar-refractivity contribution >= 4 is 34.1 Å². The molecule has 4 heteroatoms. The summed E-state index contributed by atoms with van der Waals surface area (Å²) in [7, 11) is 6.12. The third-order valence-corrected chi connectivity index (χ3v) is 3.32. The van der Waals surface area contributed by atoms with Gasteiger partial charge in [0.15, 0.2) is 0 Å². The van der Waals surface area contributed by atoms with Gasteiger partial charge in [-0.1, -0.05) is 23.2 Å². The highest BCUT2D eigenvalue weighted by atomic mass is 35.5. The van der Waals surface area contributed by atoms with Gasteiger partial charge >= 0.3 is 0 Å². The summed E-state index contributed by atoms with van der Waals surface area (Å²) >= 11 is 12.1. The average molecular weight is 257 g/mol. The maximum absolute atomic E-state index is 6.05. The average Bonchev–Trinajstić information content (AvgIpc) is 2.44. The summed E-state index contributed by atoms with van der Waals surface area (Å²) in [5, 5.41) is 2.39. The number of aromatic nitrogens is 1. The minimum absolute atomic E-state index is 0.603. The number of hydrogen-bond donors (Lipinski definition) is 0. The monoisotopic (exact) mass is 256 g/mol. The third kappa shape index (κ3) is 2.05. The quantitative estimate of drug-likeness (QED) is 0.798. The lowest BCUT2D eigenvalue weighted by Crippen LogP contribution is -2.10. The van der Waals surface area contributed by atoms with E-state index in [0.717, 1.165) is 12.1 Å². The van der Waals surface area contributed by atoms with Gasteiger partial charge < -0.3 is 9.47 Å². The Hall–Kier alpha value is -0.700. The number of halogens is 2. The highest BCUT2D eigenvalue weighted by Gasteiger charge is 2.10. The predicted molar refractivity (Wildman–Crippen MR) is 70.3 cm³/mol. The van der Waals surface area contributed by atoms with Crippen molar-refractivity contribution in [1.29, 1.82) is 0 Å². The van der Waals surface area contributed by atoms with E-state index in [0.29, 0.717) is 10.0 Å². The van der Waals surface area contributed by atoms with Gasteiger partial charge in [-0.2, -0.15) is 0 Å². The van der Waals surface area contributed by atoms with Crippen molar-refractivity contribution < 1.29 is 0 Å². The zero-order chi connectivity index (χ0) is 11.9. The number of fused-ring (bicyclic) bond motifs is 1. The van der Waals surface area contributed by atoms with Crippen LogP contribution in [-0.2, 0) is 13.6 Å². The normalized spacial score (nSPS) is 11.6. The molecular weight excluding hydrogens is 243 g/mol. The topological polar surface area (TPSA) is 8.17 Å². The van der Waals surface area contributed by atoms with Gasteiger partial charge in [-0.15, -0.1) is 0 Å². The van der Waals surface area contributed by atoms with Crippen molar-refractivity contribution in [3.63, 3.8) is 0 Å². The first-order chi connectivity index (χ1) is 7.49. The third-order valence-electron chi connectivity index (χ3n) is 2.60. The molecule has 1 aromatic heterocycles. The molecule has 0 saturated heterocycles. The smallest absolute Gasteiger partial charge is 0.0613 e. The molecule has 0 aliphatic rings. The maximum atomic E-state index is 6.05. The lowest BCUT2D eigenvalue weighted by Gasteiger charge is -2.08. The van der Waals surface area contributed by atoms with Crippen LogP contribution in [0.1, 0.15) is 5.56 Å². The summed E-state index contributed by atoms with van der Waals surface area (Å²) in [4.78, 5) is 2.14. The molecule has 0 fully saturated rings. The molecule has 0 amide bonds. The molecule has 86 valence electrons. The Morgan fingerprint density at radius 3 is 2.44 bits per heavy atom. The first-order valence-electron chi connectivity index (χ1n) is 5.06. The van der Waals surface area contributed by atoms with Crippen LogP contribution in [0.2, 0.25) is 10.0 Å². The fraction of sp³-hybridized carbons (Fsp3) is 0.333. The molecule has 2 nitrogen and oxygen atoms in total. The van der Waals surface area contributed by atoms with Crippen LogP contribution in [0.25, 0.3) is 10.9 Å². The minimum atomic E-state index is 0.603. The van der Waals surface area contributed by atoms with Crippen molar-refractivity contribution in [2.24, 2.45) is 7.05 Å². The predicted octanol–water partition coefficient (Wildman–Crippen LogP) is 3.55. The zero-order valence-corrected chi connectivity index (χ0v) is 11.1. The van der Waals surface area contributed by atoms with Crippen LogP contribution in [0.3, 0.4) is 0 Å². The number of hydrogen-bond acceptors (Lipinski definition) is 1. The fourth-order valence-corrected chi connectivity index (χ4v) is 2.25. The highest BCUT2D eigenvalue weighted by Crippen LogP contribution is 2.30. The van der Waals surface area contributed by atoms with Crippen LogP contribution >= 0.6 is 23.2 Å². The van der Waals surface area contributed by atoms with Gasteiger partial charge in [-0.25, -0.2) is 0 Å². The van der Waals surface area contributed by atoms with Crippen molar-refractivity contribution in [1.82, 2.24) is 9.47 Å². The van der Waals surface area contributed by atoms with Gasteiger partial charge in [0, 0.05) is 30.7 Å². The molecule has 0 atom stereocenters. The highest BCUT2D eigenvalue weighted by molar-refractivity contribution is 6.42. The van der Waals surface area contributed by atoms with Gasteiger partial charge in [-0.05, 0) is 31.8 Å². The largest absolute Gasteiger partial charge is 0.350 e.